The predicted octanol–water partition coefficient (Wildman–Crippen LogP) is 2.82. The zero-order valence-electron chi connectivity index (χ0n) is 9.27. The highest BCUT2D eigenvalue weighted by atomic mass is 16.5. The molecular formula is C13H15NO2. The Kier molecular flexibility index (Phi) is 4.86. The molecule has 1 rings (SSSR count). The lowest BCUT2D eigenvalue weighted by molar-refractivity contribution is -0.112. The summed E-state index contributed by atoms with van der Waals surface area (Å²) in [5, 5.41) is 2.71. The quantitative estimate of drug-likeness (QED) is 0.608. The molecule has 0 atom stereocenters. The molecule has 0 fully saturated rings. The topological polar surface area (TPSA) is 38.3 Å². The van der Waals surface area contributed by atoms with Crippen LogP contribution >= 0.6 is 0 Å². The van der Waals surface area contributed by atoms with Crippen molar-refractivity contribution in [2.24, 2.45) is 0 Å². The Labute approximate surface area is 95.4 Å². The van der Waals surface area contributed by atoms with Gasteiger partial charge in [0.05, 0.1) is 12.9 Å². The molecule has 1 aromatic carbocycles. The Morgan fingerprint density at radius 1 is 1.44 bits per heavy atom. The molecule has 0 radical (unpaired) electrons. The van der Waals surface area contributed by atoms with Crippen LogP contribution in [0, 0.1) is 0 Å². The Balaban J connectivity index is 2.52. The third-order valence-corrected chi connectivity index (χ3v) is 1.90. The molecule has 0 aliphatic heterocycles. The molecule has 0 saturated heterocycles. The number of hydrogen-bond donors (Lipinski definition) is 1. The Bertz CT molecular complexity index is 379. The van der Waals surface area contributed by atoms with Crippen molar-refractivity contribution >= 4 is 17.7 Å². The second-order valence-electron chi connectivity index (χ2n) is 3.07. The molecule has 3 nitrogen and oxygen atoms in total. The van der Waals surface area contributed by atoms with E-state index in [9.17, 15) is 4.79 Å². The lowest BCUT2D eigenvalue weighted by Crippen LogP contribution is -2.07. The van der Waals surface area contributed by atoms with E-state index < -0.39 is 0 Å². The first-order chi connectivity index (χ1) is 7.76. The Hall–Kier alpha value is -2.03. The highest BCUT2D eigenvalue weighted by Gasteiger charge is 1.96. The zero-order valence-corrected chi connectivity index (χ0v) is 9.27. The predicted molar refractivity (Wildman–Crippen MR) is 65.9 cm³/mol. The molecule has 0 aliphatic carbocycles. The van der Waals surface area contributed by atoms with Crippen molar-refractivity contribution in [3.8, 4) is 0 Å². The Morgan fingerprint density at radius 2 is 2.12 bits per heavy atom. The highest BCUT2D eigenvalue weighted by Crippen LogP contribution is 2.10. The molecule has 0 unspecified atom stereocenters. The fourth-order valence-corrected chi connectivity index (χ4v) is 1.09. The van der Waals surface area contributed by atoms with Gasteiger partial charge < -0.3 is 10.1 Å². The van der Waals surface area contributed by atoms with E-state index in [1.165, 1.54) is 12.3 Å². The maximum Gasteiger partial charge on any atom is 0.251 e. The van der Waals surface area contributed by atoms with Gasteiger partial charge in [-0.1, -0.05) is 24.8 Å². The first kappa shape index (κ1) is 12.0. The fraction of sp³-hybridized carbons (Fsp3) is 0.154. The molecule has 1 N–H and O–H groups in total. The summed E-state index contributed by atoms with van der Waals surface area (Å²) in [5.74, 6) is -0.209. The molecule has 16 heavy (non-hydrogen) atoms. The summed E-state index contributed by atoms with van der Waals surface area (Å²) in [6.45, 7) is 6.07. The van der Waals surface area contributed by atoms with Crippen molar-refractivity contribution in [2.45, 2.75) is 6.92 Å². The summed E-state index contributed by atoms with van der Waals surface area (Å²) in [4.78, 5) is 11.3. The molecular weight excluding hydrogens is 202 g/mol. The summed E-state index contributed by atoms with van der Waals surface area (Å²) in [7, 11) is 0. The molecule has 0 aliphatic rings. The van der Waals surface area contributed by atoms with E-state index in [1.54, 1.807) is 6.08 Å². The molecule has 3 heteroatoms. The zero-order chi connectivity index (χ0) is 11.8. The van der Waals surface area contributed by atoms with Crippen LogP contribution in [0.2, 0.25) is 0 Å². The number of benzene rings is 1. The summed E-state index contributed by atoms with van der Waals surface area (Å²) in [5.41, 5.74) is 1.76. The first-order valence-corrected chi connectivity index (χ1v) is 5.08. The average molecular weight is 217 g/mol. The SMILES string of the molecule is C=Cc1ccc(NC(=O)C=COCC)cc1. The number of anilines is 1. The van der Waals surface area contributed by atoms with Crippen LogP contribution in [0.1, 0.15) is 12.5 Å². The van der Waals surface area contributed by atoms with Crippen LogP contribution in [0.5, 0.6) is 0 Å². The number of carbonyl (C=O) groups excluding carboxylic acids is 1. The third kappa shape index (κ3) is 4.00. The summed E-state index contributed by atoms with van der Waals surface area (Å²) in [6, 6.07) is 7.41. The molecule has 0 heterocycles. The van der Waals surface area contributed by atoms with E-state index in [0.29, 0.717) is 6.61 Å². The van der Waals surface area contributed by atoms with Gasteiger partial charge in [-0.3, -0.25) is 4.79 Å². The van der Waals surface area contributed by atoms with Crippen molar-refractivity contribution < 1.29 is 9.53 Å². The number of nitrogens with one attached hydrogen (secondary N) is 1. The summed E-state index contributed by atoms with van der Waals surface area (Å²) < 4.78 is 4.92. The van der Waals surface area contributed by atoms with Gasteiger partial charge in [0.15, 0.2) is 0 Å². The maximum absolute atomic E-state index is 11.3. The van der Waals surface area contributed by atoms with Crippen molar-refractivity contribution in [2.75, 3.05) is 11.9 Å². The average Bonchev–Trinajstić information content (AvgIpc) is 2.30. The van der Waals surface area contributed by atoms with Crippen LogP contribution in [0.4, 0.5) is 5.69 Å². The normalized spacial score (nSPS) is 10.1. The largest absolute Gasteiger partial charge is 0.501 e. The maximum atomic E-state index is 11.3. The molecule has 0 bridgehead atoms. The second-order valence-corrected chi connectivity index (χ2v) is 3.07. The van der Waals surface area contributed by atoms with Crippen LogP contribution in [0.3, 0.4) is 0 Å². The van der Waals surface area contributed by atoms with Gasteiger partial charge in [-0.2, -0.15) is 0 Å². The van der Waals surface area contributed by atoms with Crippen molar-refractivity contribution in [3.63, 3.8) is 0 Å². The molecule has 0 spiro atoms. The molecule has 84 valence electrons. The van der Waals surface area contributed by atoms with Gasteiger partial charge in [-0.05, 0) is 24.6 Å². The van der Waals surface area contributed by atoms with Crippen LogP contribution in [0.15, 0.2) is 43.2 Å². The van der Waals surface area contributed by atoms with Crippen molar-refractivity contribution in [3.05, 3.63) is 48.7 Å². The summed E-state index contributed by atoms with van der Waals surface area (Å²) in [6.07, 6.45) is 4.49. The van der Waals surface area contributed by atoms with Crippen LogP contribution in [-0.2, 0) is 9.53 Å². The van der Waals surface area contributed by atoms with Crippen molar-refractivity contribution in [1.82, 2.24) is 0 Å². The van der Waals surface area contributed by atoms with Gasteiger partial charge in [0.2, 0.25) is 0 Å². The Morgan fingerprint density at radius 3 is 2.69 bits per heavy atom. The summed E-state index contributed by atoms with van der Waals surface area (Å²) >= 11 is 0. The van der Waals surface area contributed by atoms with E-state index in [0.717, 1.165) is 11.3 Å². The van der Waals surface area contributed by atoms with E-state index in [-0.39, 0.29) is 5.91 Å². The monoisotopic (exact) mass is 217 g/mol. The minimum Gasteiger partial charge on any atom is -0.501 e. The molecule has 1 amide bonds. The van der Waals surface area contributed by atoms with E-state index in [1.807, 2.05) is 31.2 Å². The van der Waals surface area contributed by atoms with Crippen molar-refractivity contribution in [1.29, 1.82) is 0 Å². The minimum atomic E-state index is -0.209. The van der Waals surface area contributed by atoms with Gasteiger partial charge in [0.25, 0.3) is 5.91 Å². The van der Waals surface area contributed by atoms with Crippen LogP contribution in [-0.4, -0.2) is 12.5 Å². The smallest absolute Gasteiger partial charge is 0.251 e. The second kappa shape index (κ2) is 6.45. The first-order valence-electron chi connectivity index (χ1n) is 5.08. The lowest BCUT2D eigenvalue weighted by Gasteiger charge is -2.02. The minimum absolute atomic E-state index is 0.209. The number of ether oxygens (including phenoxy) is 1. The third-order valence-electron chi connectivity index (χ3n) is 1.90. The van der Waals surface area contributed by atoms with Crippen LogP contribution < -0.4 is 5.32 Å². The van der Waals surface area contributed by atoms with Gasteiger partial charge >= 0.3 is 0 Å². The van der Waals surface area contributed by atoms with Gasteiger partial charge in [0.1, 0.15) is 0 Å². The lowest BCUT2D eigenvalue weighted by atomic mass is 10.2. The van der Waals surface area contributed by atoms with E-state index in [2.05, 4.69) is 11.9 Å². The fourth-order valence-electron chi connectivity index (χ4n) is 1.09. The highest BCUT2D eigenvalue weighted by molar-refractivity contribution is 5.99. The number of hydrogen-bond acceptors (Lipinski definition) is 2. The van der Waals surface area contributed by atoms with Gasteiger partial charge in [0, 0.05) is 11.8 Å². The molecule has 0 aromatic heterocycles. The van der Waals surface area contributed by atoms with E-state index >= 15 is 0 Å². The molecule has 1 aromatic rings. The van der Waals surface area contributed by atoms with Gasteiger partial charge in [-0.15, -0.1) is 0 Å². The molecule has 0 saturated carbocycles. The number of amides is 1. The number of rotatable bonds is 5. The van der Waals surface area contributed by atoms with E-state index in [4.69, 9.17) is 4.74 Å². The standard InChI is InChI=1S/C13H15NO2/c1-3-11-5-7-12(8-6-11)14-13(15)9-10-16-4-2/h3,5-10H,1,4H2,2H3,(H,14,15). The van der Waals surface area contributed by atoms with Crippen LogP contribution in [0.25, 0.3) is 6.08 Å². The van der Waals surface area contributed by atoms with Gasteiger partial charge in [-0.25, -0.2) is 0 Å². The number of carbonyl (C=O) groups is 1.